The van der Waals surface area contributed by atoms with Crippen LogP contribution in [-0.4, -0.2) is 33.5 Å². The number of aromatic amines is 1. The summed E-state index contributed by atoms with van der Waals surface area (Å²) in [5.41, 5.74) is -1.38. The summed E-state index contributed by atoms with van der Waals surface area (Å²) < 4.78 is 50.0. The molecule has 0 spiro atoms. The largest absolute Gasteiger partial charge is 1.00 e. The van der Waals surface area contributed by atoms with Crippen LogP contribution in [0.2, 0.25) is 0 Å². The van der Waals surface area contributed by atoms with Crippen molar-refractivity contribution < 1.29 is 201 Å². The van der Waals surface area contributed by atoms with Crippen molar-refractivity contribution in [3.63, 3.8) is 0 Å². The minimum atomic E-state index is -6.11. The van der Waals surface area contributed by atoms with Crippen molar-refractivity contribution in [1.29, 1.82) is 0 Å². The van der Waals surface area contributed by atoms with Crippen LogP contribution in [0.15, 0.2) is 15.8 Å². The zero-order valence-electron chi connectivity index (χ0n) is 18.0. The molecule has 1 fully saturated rings. The third-order valence-corrected chi connectivity index (χ3v) is 8.98. The van der Waals surface area contributed by atoms with Gasteiger partial charge in [-0.3, -0.25) is 0 Å². The Labute approximate surface area is 290 Å². The van der Waals surface area contributed by atoms with E-state index >= 15 is 0 Å². The predicted molar refractivity (Wildman–Crippen MR) is 76.4 cm³/mol. The smallest absolute Gasteiger partial charge is 1.00 e. The topological polar surface area (TPSA) is 255 Å². The monoisotopic (exact) mass is 757 g/mol. The first-order chi connectivity index (χ1) is 13.1. The van der Waals surface area contributed by atoms with E-state index in [1.165, 1.54) is 6.20 Å². The molecule has 2 N–H and O–H groups in total. The van der Waals surface area contributed by atoms with Crippen molar-refractivity contribution in [1.82, 2.24) is 9.55 Å². The maximum absolute atomic E-state index is 11.8. The number of hydrogen-bond donors (Lipinski definition) is 2. The fourth-order valence-electron chi connectivity index (χ4n) is 2.23. The molecule has 0 bridgehead atoms. The third-order valence-electron chi connectivity index (χ3n) is 3.35. The van der Waals surface area contributed by atoms with Crippen LogP contribution in [0.4, 0.5) is 0 Å². The molecular weight excluding hydrogens is 746 g/mol. The Morgan fingerprint density at radius 1 is 1.09 bits per heavy atom. The number of aliphatic hydroxyl groups is 1. The van der Waals surface area contributed by atoms with E-state index < -0.39 is 59.8 Å². The van der Waals surface area contributed by atoms with Gasteiger partial charge in [0.25, 0.3) is 0 Å². The van der Waals surface area contributed by atoms with Gasteiger partial charge in [0, 0.05) is 0 Å². The first-order valence-corrected chi connectivity index (χ1v) is 14.4. The fourth-order valence-corrected chi connectivity index (χ4v) is 6.20. The predicted octanol–water partition coefficient (Wildman–Crippen LogP) is -16.8. The molecule has 1 aliphatic heterocycles. The number of ether oxygens (including phenoxy) is 1. The van der Waals surface area contributed by atoms with Crippen LogP contribution in [0.3, 0.4) is 0 Å². The minimum Gasteiger partial charge on any atom is 1.00 e. The van der Waals surface area contributed by atoms with Crippen LogP contribution in [0, 0.1) is 0 Å². The first-order valence-electron chi connectivity index (χ1n) is 7.31. The molecule has 16 nitrogen and oxygen atoms in total. The molecule has 161 valence electrons. The van der Waals surface area contributed by atoms with E-state index in [9.17, 15) is 48.0 Å². The summed E-state index contributed by atoms with van der Waals surface area (Å²) in [6.07, 6.45) is -2.78. The maximum Gasteiger partial charge on any atom is 1.00 e. The summed E-state index contributed by atoms with van der Waals surface area (Å²) in [5.74, 6) is 0. The average Bonchev–Trinajstić information content (AvgIpc) is 2.86. The number of phosphoric ester groups is 1. The van der Waals surface area contributed by atoms with Gasteiger partial charge in [-0.05, 0) is 0 Å². The van der Waals surface area contributed by atoms with E-state index in [1.54, 1.807) is 0 Å². The van der Waals surface area contributed by atoms with Gasteiger partial charge in [-0.1, -0.05) is 0 Å². The summed E-state index contributed by atoms with van der Waals surface area (Å²) in [6, 6.07) is 0. The summed E-state index contributed by atoms with van der Waals surface area (Å²) in [4.78, 5) is 68.4. The minimum absolute atomic E-state index is 0. The molecular formula is C9H10HgN2Na4O14P3. The summed E-state index contributed by atoms with van der Waals surface area (Å²) in [6.45, 7) is -0.986. The van der Waals surface area contributed by atoms with Crippen LogP contribution in [0.25, 0.3) is 0 Å². The van der Waals surface area contributed by atoms with Gasteiger partial charge >= 0.3 is 273 Å². The van der Waals surface area contributed by atoms with Crippen molar-refractivity contribution in [2.75, 3.05) is 6.61 Å². The molecule has 1 aromatic heterocycles. The third kappa shape index (κ3) is 14.2. The van der Waals surface area contributed by atoms with Crippen LogP contribution in [0.1, 0.15) is 12.6 Å². The maximum atomic E-state index is 11.8. The van der Waals surface area contributed by atoms with Gasteiger partial charge in [-0.15, -0.1) is 0 Å². The first kappa shape index (κ1) is 41.4. The van der Waals surface area contributed by atoms with Gasteiger partial charge in [-0.25, -0.2) is 0 Å². The van der Waals surface area contributed by atoms with Crippen LogP contribution >= 0.6 is 23.5 Å². The Balaban J connectivity index is -0.00000225. The Morgan fingerprint density at radius 2 is 1.64 bits per heavy atom. The average molecular weight is 756 g/mol. The molecule has 2 rings (SSSR count). The fraction of sp³-hybridized carbons (Fsp3) is 0.556. The SMILES string of the molecule is O=c1[nH]c(=O)n([C@H]2C[C@H](O)[C@@H](COP(=O)([O-])OP(=O)([O-])OP(=O)([O-])[O-])O2)c[c]1[Hg].[Na+].[Na+].[Na+].[Na+]. The Bertz CT molecular complexity index is 1030. The second-order valence-corrected chi connectivity index (χ2v) is 12.8. The molecule has 0 aromatic carbocycles. The van der Waals surface area contributed by atoms with Crippen LogP contribution < -0.4 is 152 Å². The zero-order valence-corrected chi connectivity index (χ0v) is 34.2. The number of aromatic nitrogens is 2. The Hall–Kier alpha value is 3.95. The second-order valence-electron chi connectivity index (χ2n) is 5.55. The molecule has 1 saturated heterocycles. The van der Waals surface area contributed by atoms with E-state index in [1.807, 2.05) is 0 Å². The number of H-pyrrole nitrogens is 1. The van der Waals surface area contributed by atoms with E-state index in [4.69, 9.17) is 4.74 Å². The molecule has 0 amide bonds. The normalized spacial score (nSPS) is 23.5. The standard InChI is InChI=1S/C9H14N2O14P3.Hg.4Na/c12-5-3-8(11-2-1-7(13)10-9(11)14)23-6(5)4-22-27(18,19)25-28(20,21)24-26(15,16)17;;;;;/h2,5-6,8,12H,3-4H2,(H,18,19)(H,20,21)(H,10,13,14)(H2,15,16,17);;;;;/q;;4*+1/p-4/t5-,6+,8+;;;;;/m0...../s1. The molecule has 1 aromatic rings. The van der Waals surface area contributed by atoms with Gasteiger partial charge in [0.15, 0.2) is 0 Å². The number of phosphoric acid groups is 3. The molecule has 24 heteroatoms. The molecule has 33 heavy (non-hydrogen) atoms. The molecule has 2 heterocycles. The van der Waals surface area contributed by atoms with Crippen molar-refractivity contribution >= 4 is 26.5 Å². The molecule has 2 unspecified atom stereocenters. The van der Waals surface area contributed by atoms with Crippen molar-refractivity contribution in [2.24, 2.45) is 0 Å². The van der Waals surface area contributed by atoms with Crippen LogP contribution in [0.5, 0.6) is 0 Å². The van der Waals surface area contributed by atoms with Gasteiger partial charge in [0.2, 0.25) is 0 Å². The van der Waals surface area contributed by atoms with Crippen molar-refractivity contribution in [3.8, 4) is 0 Å². The molecule has 1 aliphatic rings. The number of nitrogens with zero attached hydrogens (tertiary/aromatic N) is 1. The van der Waals surface area contributed by atoms with Gasteiger partial charge < -0.3 is 14.4 Å². The number of rotatable bonds is 8. The van der Waals surface area contributed by atoms with E-state index in [-0.39, 0.29) is 151 Å². The van der Waals surface area contributed by atoms with Crippen molar-refractivity contribution in [3.05, 3.63) is 27.0 Å². The second kappa shape index (κ2) is 16.9. The van der Waals surface area contributed by atoms with Gasteiger partial charge in [0.1, 0.15) is 0 Å². The van der Waals surface area contributed by atoms with E-state index in [0.717, 1.165) is 4.57 Å². The van der Waals surface area contributed by atoms with Crippen LogP contribution in [-0.2, 0) is 57.7 Å². The number of hydrogen-bond acceptors (Lipinski definition) is 14. The summed E-state index contributed by atoms with van der Waals surface area (Å²) in [5, 5.41) is 9.94. The molecule has 0 aliphatic carbocycles. The van der Waals surface area contributed by atoms with E-state index in [0.29, 0.717) is 3.07 Å². The number of aliphatic hydroxyl groups excluding tert-OH is 1. The Kier molecular flexibility index (Phi) is 21.2. The van der Waals surface area contributed by atoms with Gasteiger partial charge in [-0.2, -0.15) is 0 Å². The number of nitrogens with one attached hydrogen (secondary N) is 1. The summed E-state index contributed by atoms with van der Waals surface area (Å²) in [7, 11) is -18.0. The summed E-state index contributed by atoms with van der Waals surface area (Å²) >= 11 is -0.144. The van der Waals surface area contributed by atoms with Crippen molar-refractivity contribution in [2.45, 2.75) is 24.9 Å². The molecule has 0 saturated carbocycles. The van der Waals surface area contributed by atoms with Gasteiger partial charge in [0.05, 0.1) is 7.82 Å². The molecule has 5 atom stereocenters. The zero-order chi connectivity index (χ0) is 22.2. The Morgan fingerprint density at radius 3 is 2.15 bits per heavy atom. The van der Waals surface area contributed by atoms with E-state index in [2.05, 4.69) is 18.1 Å². The quantitative estimate of drug-likeness (QED) is 0.185. The molecule has 0 radical (unpaired) electrons.